The number of hydrogen-bond acceptors (Lipinski definition) is 3. The molecular weight excluding hydrogens is 237 g/mol. The molecule has 3 nitrogen and oxygen atoms in total. The molecule has 1 aromatic rings. The van der Waals surface area contributed by atoms with Crippen LogP contribution in [-0.4, -0.2) is 13.1 Å². The molecule has 1 aromatic carbocycles. The van der Waals surface area contributed by atoms with E-state index in [0.29, 0.717) is 15.6 Å². The molecule has 15 heavy (non-hydrogen) atoms. The number of carbonyl (C=O) groups excluding carboxylic acids is 1. The summed E-state index contributed by atoms with van der Waals surface area (Å²) < 4.78 is 4.60. The van der Waals surface area contributed by atoms with Gasteiger partial charge < -0.3 is 10.5 Å². The number of halogens is 2. The van der Waals surface area contributed by atoms with Crippen molar-refractivity contribution in [3.05, 3.63) is 33.8 Å². The maximum atomic E-state index is 11.4. The van der Waals surface area contributed by atoms with Crippen molar-refractivity contribution in [3.8, 4) is 0 Å². The molecule has 0 aliphatic heterocycles. The molecule has 0 radical (unpaired) electrons. The Morgan fingerprint density at radius 3 is 2.47 bits per heavy atom. The summed E-state index contributed by atoms with van der Waals surface area (Å²) in [7, 11) is 1.28. The quantitative estimate of drug-likeness (QED) is 0.817. The summed E-state index contributed by atoms with van der Waals surface area (Å²) >= 11 is 11.6. The predicted octanol–water partition coefficient (Wildman–Crippen LogP) is 2.34. The fourth-order valence-electron chi connectivity index (χ4n) is 1.15. The number of benzene rings is 1. The minimum atomic E-state index is -1.22. The maximum Gasteiger partial charge on any atom is 0.330 e. The number of esters is 1. The Morgan fingerprint density at radius 2 is 2.00 bits per heavy atom. The van der Waals surface area contributed by atoms with Gasteiger partial charge in [0.05, 0.1) is 17.2 Å². The lowest BCUT2D eigenvalue weighted by Crippen LogP contribution is -2.42. The van der Waals surface area contributed by atoms with Gasteiger partial charge in [-0.15, -0.1) is 0 Å². The first-order valence-corrected chi connectivity index (χ1v) is 4.98. The van der Waals surface area contributed by atoms with Crippen LogP contribution >= 0.6 is 23.2 Å². The Labute approximate surface area is 98.1 Å². The van der Waals surface area contributed by atoms with Crippen molar-refractivity contribution in [2.45, 2.75) is 12.5 Å². The van der Waals surface area contributed by atoms with Crippen LogP contribution in [0.1, 0.15) is 12.5 Å². The van der Waals surface area contributed by atoms with E-state index in [0.717, 1.165) is 0 Å². The van der Waals surface area contributed by atoms with Gasteiger partial charge in [-0.3, -0.25) is 0 Å². The molecule has 5 heteroatoms. The third-order valence-corrected chi connectivity index (χ3v) is 2.87. The zero-order chi connectivity index (χ0) is 11.6. The number of methoxy groups -OCH3 is 1. The van der Waals surface area contributed by atoms with Crippen LogP contribution in [0.3, 0.4) is 0 Å². The third kappa shape index (κ3) is 2.43. The van der Waals surface area contributed by atoms with Gasteiger partial charge in [0.1, 0.15) is 5.54 Å². The minimum Gasteiger partial charge on any atom is -0.467 e. The summed E-state index contributed by atoms with van der Waals surface area (Å²) in [4.78, 5) is 11.4. The van der Waals surface area contributed by atoms with Gasteiger partial charge in [-0.2, -0.15) is 0 Å². The second-order valence-corrected chi connectivity index (χ2v) is 4.14. The summed E-state index contributed by atoms with van der Waals surface area (Å²) in [5, 5.41) is 0.774. The van der Waals surface area contributed by atoms with Crippen LogP contribution in [0, 0.1) is 0 Å². The third-order valence-electron chi connectivity index (χ3n) is 2.13. The summed E-state index contributed by atoms with van der Waals surface area (Å²) in [5.74, 6) is -0.527. The monoisotopic (exact) mass is 247 g/mol. The minimum absolute atomic E-state index is 0.356. The fourth-order valence-corrected chi connectivity index (χ4v) is 1.45. The Balaban J connectivity index is 3.16. The molecule has 0 aliphatic rings. The van der Waals surface area contributed by atoms with Gasteiger partial charge in [-0.1, -0.05) is 29.3 Å². The molecule has 0 unspecified atom stereocenters. The van der Waals surface area contributed by atoms with Crippen molar-refractivity contribution < 1.29 is 9.53 Å². The van der Waals surface area contributed by atoms with E-state index in [2.05, 4.69) is 4.74 Å². The molecule has 1 rings (SSSR count). The maximum absolute atomic E-state index is 11.4. The van der Waals surface area contributed by atoms with Crippen molar-refractivity contribution in [2.24, 2.45) is 5.73 Å². The number of ether oxygens (including phenoxy) is 1. The highest BCUT2D eigenvalue weighted by molar-refractivity contribution is 6.42. The predicted molar refractivity (Wildman–Crippen MR) is 60.0 cm³/mol. The molecule has 0 heterocycles. The van der Waals surface area contributed by atoms with E-state index in [-0.39, 0.29) is 0 Å². The second kappa shape index (κ2) is 4.39. The van der Waals surface area contributed by atoms with Crippen LogP contribution in [0.2, 0.25) is 10.0 Å². The number of nitrogens with two attached hydrogens (primary N) is 1. The van der Waals surface area contributed by atoms with Crippen LogP contribution in [0.25, 0.3) is 0 Å². The standard InChI is InChI=1S/C10H11Cl2NO2/c1-10(13,9(14)15-2)6-3-4-7(11)8(12)5-6/h3-5H,13H2,1-2H3/t10-/m0/s1. The average molecular weight is 248 g/mol. The fraction of sp³-hybridized carbons (Fsp3) is 0.300. The zero-order valence-electron chi connectivity index (χ0n) is 8.38. The number of hydrogen-bond donors (Lipinski definition) is 1. The molecule has 0 saturated carbocycles. The van der Waals surface area contributed by atoms with Crippen molar-refractivity contribution in [2.75, 3.05) is 7.11 Å². The molecule has 1 atom stereocenters. The van der Waals surface area contributed by atoms with Gasteiger partial charge in [0.25, 0.3) is 0 Å². The molecule has 2 N–H and O–H groups in total. The Hall–Kier alpha value is -0.770. The van der Waals surface area contributed by atoms with Gasteiger partial charge in [-0.05, 0) is 24.6 Å². The van der Waals surface area contributed by atoms with Gasteiger partial charge in [0.15, 0.2) is 0 Å². The second-order valence-electron chi connectivity index (χ2n) is 3.32. The van der Waals surface area contributed by atoms with E-state index in [9.17, 15) is 4.79 Å². The van der Waals surface area contributed by atoms with Gasteiger partial charge in [0.2, 0.25) is 0 Å². The van der Waals surface area contributed by atoms with Crippen LogP contribution in [-0.2, 0) is 15.1 Å². The number of carbonyl (C=O) groups is 1. The molecule has 0 aliphatic carbocycles. The highest BCUT2D eigenvalue weighted by Gasteiger charge is 2.31. The first-order chi connectivity index (χ1) is 6.89. The lowest BCUT2D eigenvalue weighted by Gasteiger charge is -2.22. The highest BCUT2D eigenvalue weighted by Crippen LogP contribution is 2.27. The van der Waals surface area contributed by atoms with E-state index in [1.807, 2.05) is 0 Å². The zero-order valence-corrected chi connectivity index (χ0v) is 9.89. The SMILES string of the molecule is COC(=O)[C@@](C)(N)c1ccc(Cl)c(Cl)c1. The van der Waals surface area contributed by atoms with E-state index < -0.39 is 11.5 Å². The Bertz CT molecular complexity index is 391. The van der Waals surface area contributed by atoms with Crippen LogP contribution in [0.15, 0.2) is 18.2 Å². The van der Waals surface area contributed by atoms with Gasteiger partial charge in [0, 0.05) is 0 Å². The largest absolute Gasteiger partial charge is 0.467 e. The first-order valence-electron chi connectivity index (χ1n) is 4.22. The highest BCUT2D eigenvalue weighted by atomic mass is 35.5. The molecule has 0 fully saturated rings. The molecule has 0 bridgehead atoms. The van der Waals surface area contributed by atoms with Crippen molar-refractivity contribution >= 4 is 29.2 Å². The molecule has 82 valence electrons. The molecule has 0 saturated heterocycles. The average Bonchev–Trinajstić information content (AvgIpc) is 2.20. The first kappa shape index (κ1) is 12.3. The molecule has 0 amide bonds. The molecule has 0 aromatic heterocycles. The summed E-state index contributed by atoms with van der Waals surface area (Å²) in [6.45, 7) is 1.55. The van der Waals surface area contributed by atoms with Crippen LogP contribution < -0.4 is 5.73 Å². The van der Waals surface area contributed by atoms with E-state index in [1.54, 1.807) is 25.1 Å². The van der Waals surface area contributed by atoms with Crippen LogP contribution in [0.5, 0.6) is 0 Å². The topological polar surface area (TPSA) is 52.3 Å². The summed E-state index contributed by atoms with van der Waals surface area (Å²) in [6.07, 6.45) is 0. The van der Waals surface area contributed by atoms with Crippen molar-refractivity contribution in [3.63, 3.8) is 0 Å². The lowest BCUT2D eigenvalue weighted by molar-refractivity contribution is -0.146. The van der Waals surface area contributed by atoms with Crippen molar-refractivity contribution in [1.29, 1.82) is 0 Å². The van der Waals surface area contributed by atoms with E-state index in [1.165, 1.54) is 7.11 Å². The van der Waals surface area contributed by atoms with Gasteiger partial charge in [-0.25, -0.2) is 4.79 Å². The smallest absolute Gasteiger partial charge is 0.330 e. The Morgan fingerprint density at radius 1 is 1.40 bits per heavy atom. The normalized spacial score (nSPS) is 14.5. The lowest BCUT2D eigenvalue weighted by atomic mass is 9.93. The van der Waals surface area contributed by atoms with Crippen molar-refractivity contribution in [1.82, 2.24) is 0 Å². The molecule has 0 spiro atoms. The Kier molecular flexibility index (Phi) is 3.60. The summed E-state index contributed by atoms with van der Waals surface area (Å²) in [6, 6.07) is 4.79. The summed E-state index contributed by atoms with van der Waals surface area (Å²) in [5.41, 5.74) is 5.17. The van der Waals surface area contributed by atoms with E-state index in [4.69, 9.17) is 28.9 Å². The number of rotatable bonds is 2. The molecular formula is C10H11Cl2NO2. The van der Waals surface area contributed by atoms with E-state index >= 15 is 0 Å². The van der Waals surface area contributed by atoms with Crippen LogP contribution in [0.4, 0.5) is 0 Å². The van der Waals surface area contributed by atoms with Gasteiger partial charge >= 0.3 is 5.97 Å².